The maximum absolute atomic E-state index is 5.49. The van der Waals surface area contributed by atoms with Crippen LogP contribution in [0.3, 0.4) is 0 Å². The first-order valence-electron chi connectivity index (χ1n) is 9.02. The Morgan fingerprint density at radius 3 is 2.85 bits per heavy atom. The molecule has 0 saturated carbocycles. The van der Waals surface area contributed by atoms with E-state index in [0.29, 0.717) is 12.5 Å². The summed E-state index contributed by atoms with van der Waals surface area (Å²) in [7, 11) is 3.52. The predicted octanol–water partition coefficient (Wildman–Crippen LogP) is 2.28. The lowest BCUT2D eigenvalue weighted by Gasteiger charge is -2.21. The Hall–Kier alpha value is -2.76. The maximum Gasteiger partial charge on any atom is 0.191 e. The Bertz CT molecular complexity index is 719. The van der Waals surface area contributed by atoms with Gasteiger partial charge in [-0.3, -0.25) is 9.98 Å². The summed E-state index contributed by atoms with van der Waals surface area (Å²) in [5.41, 5.74) is 2.17. The highest BCUT2D eigenvalue weighted by atomic mass is 16.5. The molecule has 138 valence electrons. The molecule has 0 bridgehead atoms. The van der Waals surface area contributed by atoms with Crippen molar-refractivity contribution in [3.63, 3.8) is 0 Å². The maximum atomic E-state index is 5.49. The summed E-state index contributed by atoms with van der Waals surface area (Å²) in [4.78, 5) is 11.0. The van der Waals surface area contributed by atoms with Gasteiger partial charge in [0, 0.05) is 32.9 Å². The van der Waals surface area contributed by atoms with E-state index in [2.05, 4.69) is 37.6 Å². The molecule has 0 amide bonds. The number of ether oxygens (including phenoxy) is 1. The van der Waals surface area contributed by atoms with Gasteiger partial charge in [0.05, 0.1) is 25.0 Å². The van der Waals surface area contributed by atoms with Crippen molar-refractivity contribution < 1.29 is 4.74 Å². The van der Waals surface area contributed by atoms with E-state index in [-0.39, 0.29) is 0 Å². The second-order valence-corrected chi connectivity index (χ2v) is 6.40. The molecular formula is C20H27N5O. The molecule has 2 N–H and O–H groups in total. The zero-order chi connectivity index (χ0) is 18.2. The highest BCUT2D eigenvalue weighted by molar-refractivity contribution is 5.79. The topological polar surface area (TPSA) is 61.8 Å². The van der Waals surface area contributed by atoms with Crippen LogP contribution in [0.4, 0.5) is 5.69 Å². The molecular weight excluding hydrogens is 326 g/mol. The van der Waals surface area contributed by atoms with Crippen molar-refractivity contribution in [1.29, 1.82) is 0 Å². The molecule has 1 aliphatic rings. The highest BCUT2D eigenvalue weighted by Gasteiger charge is 2.24. The summed E-state index contributed by atoms with van der Waals surface area (Å²) < 4.78 is 5.49. The molecule has 6 heteroatoms. The number of hydrogen-bond donors (Lipinski definition) is 2. The Labute approximate surface area is 155 Å². The first-order chi connectivity index (χ1) is 12.8. The van der Waals surface area contributed by atoms with E-state index in [4.69, 9.17) is 4.74 Å². The number of aliphatic imine (C=N–C) groups is 1. The Morgan fingerprint density at radius 1 is 1.23 bits per heavy atom. The van der Waals surface area contributed by atoms with Crippen LogP contribution in [-0.4, -0.2) is 44.7 Å². The van der Waals surface area contributed by atoms with Gasteiger partial charge < -0.3 is 20.3 Å². The molecule has 1 unspecified atom stereocenters. The third-order valence-electron chi connectivity index (χ3n) is 4.66. The lowest BCUT2D eigenvalue weighted by Crippen LogP contribution is -2.40. The number of anilines is 1. The van der Waals surface area contributed by atoms with E-state index < -0.39 is 0 Å². The second-order valence-electron chi connectivity index (χ2n) is 6.40. The van der Waals surface area contributed by atoms with Crippen molar-refractivity contribution >= 4 is 11.6 Å². The molecule has 1 atom stereocenters. The van der Waals surface area contributed by atoms with Crippen molar-refractivity contribution in [2.24, 2.45) is 10.9 Å². The lowest BCUT2D eigenvalue weighted by molar-refractivity contribution is 0.414. The fraction of sp³-hybridized carbons (Fsp3) is 0.400. The van der Waals surface area contributed by atoms with Gasteiger partial charge in [0.1, 0.15) is 5.75 Å². The normalized spacial score (nSPS) is 17.2. The standard InChI is InChI=1S/C20H27N5O/c1-21-20(24-14-17-7-5-6-11-22-17)23-13-16-10-12-25(15-16)18-8-3-4-9-19(18)26-2/h3-9,11,16H,10,12-15H2,1-2H3,(H2,21,23,24). The van der Waals surface area contributed by atoms with Gasteiger partial charge in [-0.05, 0) is 36.6 Å². The fourth-order valence-electron chi connectivity index (χ4n) is 3.25. The SMILES string of the molecule is CN=C(NCc1ccccn1)NCC1CCN(c2ccccc2OC)C1. The molecule has 1 aromatic carbocycles. The van der Waals surface area contributed by atoms with Gasteiger partial charge in [-0.15, -0.1) is 0 Å². The van der Waals surface area contributed by atoms with Gasteiger partial charge in [-0.25, -0.2) is 0 Å². The molecule has 6 nitrogen and oxygen atoms in total. The summed E-state index contributed by atoms with van der Waals surface area (Å²) >= 11 is 0. The zero-order valence-electron chi connectivity index (χ0n) is 15.5. The summed E-state index contributed by atoms with van der Waals surface area (Å²) in [6.07, 6.45) is 2.96. The minimum Gasteiger partial charge on any atom is -0.495 e. The van der Waals surface area contributed by atoms with Crippen molar-refractivity contribution in [2.75, 3.05) is 38.7 Å². The number of hydrogen-bond acceptors (Lipinski definition) is 4. The number of benzene rings is 1. The average molecular weight is 353 g/mol. The van der Waals surface area contributed by atoms with Crippen molar-refractivity contribution in [3.05, 3.63) is 54.4 Å². The number of rotatable bonds is 6. The van der Waals surface area contributed by atoms with Gasteiger partial charge >= 0.3 is 0 Å². The van der Waals surface area contributed by atoms with E-state index in [0.717, 1.165) is 43.5 Å². The summed E-state index contributed by atoms with van der Waals surface area (Å²) in [6, 6.07) is 14.1. The zero-order valence-corrected chi connectivity index (χ0v) is 15.5. The van der Waals surface area contributed by atoms with E-state index >= 15 is 0 Å². The van der Waals surface area contributed by atoms with Crippen LogP contribution in [0.25, 0.3) is 0 Å². The number of pyridine rings is 1. The van der Waals surface area contributed by atoms with Crippen LogP contribution in [0.15, 0.2) is 53.7 Å². The van der Waals surface area contributed by atoms with Crippen LogP contribution in [0.2, 0.25) is 0 Å². The Morgan fingerprint density at radius 2 is 2.08 bits per heavy atom. The van der Waals surface area contributed by atoms with Crippen molar-refractivity contribution in [3.8, 4) is 5.75 Å². The summed E-state index contributed by atoms with van der Waals surface area (Å²) in [5.74, 6) is 2.33. The smallest absolute Gasteiger partial charge is 0.191 e. The van der Waals surface area contributed by atoms with Crippen LogP contribution in [-0.2, 0) is 6.54 Å². The molecule has 0 radical (unpaired) electrons. The predicted molar refractivity (Wildman–Crippen MR) is 106 cm³/mol. The highest BCUT2D eigenvalue weighted by Crippen LogP contribution is 2.31. The summed E-state index contributed by atoms with van der Waals surface area (Å²) in [5, 5.41) is 6.75. The molecule has 0 spiro atoms. The first kappa shape index (κ1) is 18.0. The van der Waals surface area contributed by atoms with Gasteiger partial charge in [0.25, 0.3) is 0 Å². The molecule has 1 fully saturated rings. The largest absolute Gasteiger partial charge is 0.495 e. The van der Waals surface area contributed by atoms with Gasteiger partial charge in [-0.1, -0.05) is 18.2 Å². The number of methoxy groups -OCH3 is 1. The molecule has 1 aromatic heterocycles. The second kappa shape index (κ2) is 9.08. The molecule has 26 heavy (non-hydrogen) atoms. The van der Waals surface area contributed by atoms with Crippen LogP contribution >= 0.6 is 0 Å². The van der Waals surface area contributed by atoms with Gasteiger partial charge in [-0.2, -0.15) is 0 Å². The van der Waals surface area contributed by atoms with E-state index in [1.807, 2.05) is 30.3 Å². The molecule has 1 saturated heterocycles. The Balaban J connectivity index is 1.47. The first-order valence-corrected chi connectivity index (χ1v) is 9.02. The molecule has 0 aliphatic carbocycles. The van der Waals surface area contributed by atoms with E-state index in [1.165, 1.54) is 5.69 Å². The van der Waals surface area contributed by atoms with Crippen LogP contribution in [0.1, 0.15) is 12.1 Å². The minimum atomic E-state index is 0.577. The fourth-order valence-corrected chi connectivity index (χ4v) is 3.25. The number of para-hydroxylation sites is 2. The average Bonchev–Trinajstić information content (AvgIpc) is 3.17. The van der Waals surface area contributed by atoms with Gasteiger partial charge in [0.15, 0.2) is 5.96 Å². The van der Waals surface area contributed by atoms with E-state index in [9.17, 15) is 0 Å². The van der Waals surface area contributed by atoms with Crippen LogP contribution < -0.4 is 20.3 Å². The van der Waals surface area contributed by atoms with Gasteiger partial charge in [0.2, 0.25) is 0 Å². The molecule has 2 heterocycles. The van der Waals surface area contributed by atoms with Crippen LogP contribution in [0.5, 0.6) is 5.75 Å². The van der Waals surface area contributed by atoms with Crippen molar-refractivity contribution in [1.82, 2.24) is 15.6 Å². The third-order valence-corrected chi connectivity index (χ3v) is 4.66. The van der Waals surface area contributed by atoms with Crippen LogP contribution in [0, 0.1) is 5.92 Å². The lowest BCUT2D eigenvalue weighted by atomic mass is 10.1. The number of guanidine groups is 1. The molecule has 3 rings (SSSR count). The molecule has 1 aliphatic heterocycles. The number of nitrogens with one attached hydrogen (secondary N) is 2. The van der Waals surface area contributed by atoms with Crippen molar-refractivity contribution in [2.45, 2.75) is 13.0 Å². The molecule has 2 aromatic rings. The monoisotopic (exact) mass is 353 g/mol. The third kappa shape index (κ3) is 4.65. The summed E-state index contributed by atoms with van der Waals surface area (Å²) in [6.45, 7) is 3.63. The minimum absolute atomic E-state index is 0.577. The van der Waals surface area contributed by atoms with E-state index in [1.54, 1.807) is 20.4 Å². The Kier molecular flexibility index (Phi) is 6.30. The quantitative estimate of drug-likeness (QED) is 0.616. The number of nitrogens with zero attached hydrogens (tertiary/aromatic N) is 3. The number of aromatic nitrogens is 1.